The van der Waals surface area contributed by atoms with E-state index in [0.717, 1.165) is 6.42 Å². The summed E-state index contributed by atoms with van der Waals surface area (Å²) in [7, 11) is 0. The predicted octanol–water partition coefficient (Wildman–Crippen LogP) is 1.71. The molecular weight excluding hydrogens is 138 g/mol. The zero-order valence-corrected chi connectivity index (χ0v) is 6.60. The van der Waals surface area contributed by atoms with Crippen molar-refractivity contribution in [3.63, 3.8) is 0 Å². The molecule has 56 valence electrons. The molecule has 1 aliphatic heterocycles. The summed E-state index contributed by atoms with van der Waals surface area (Å²) in [6.45, 7) is 2.83. The third-order valence-corrected chi connectivity index (χ3v) is 2.48. The Morgan fingerprint density at radius 2 is 2.27 bits per heavy atom. The van der Waals surface area contributed by atoms with Gasteiger partial charge in [0.2, 0.25) is 0 Å². The summed E-state index contributed by atoms with van der Waals surface area (Å²) in [5.41, 5.74) is 2.55. The molecule has 2 rings (SSSR count). The van der Waals surface area contributed by atoms with E-state index >= 15 is 0 Å². The summed E-state index contributed by atoms with van der Waals surface area (Å²) in [6.07, 6.45) is 2.23. The van der Waals surface area contributed by atoms with Crippen molar-refractivity contribution in [2.45, 2.75) is 19.6 Å². The summed E-state index contributed by atoms with van der Waals surface area (Å²) >= 11 is 0. The summed E-state index contributed by atoms with van der Waals surface area (Å²) < 4.78 is 12.7. The number of fused-ring (bicyclic) bond motifs is 1. The lowest BCUT2D eigenvalue weighted by molar-refractivity contribution is 0.626. The van der Waals surface area contributed by atoms with Crippen molar-refractivity contribution in [2.75, 3.05) is 0 Å². The molecule has 0 amide bonds. The van der Waals surface area contributed by atoms with Crippen LogP contribution in [0.15, 0.2) is 18.2 Å². The molecular formula is C9H10BF. The van der Waals surface area contributed by atoms with Gasteiger partial charge >= 0.3 is 0 Å². The highest BCUT2D eigenvalue weighted by Crippen LogP contribution is 2.14. The van der Waals surface area contributed by atoms with Gasteiger partial charge in [-0.25, -0.2) is 4.39 Å². The van der Waals surface area contributed by atoms with Gasteiger partial charge in [0.25, 0.3) is 0 Å². The van der Waals surface area contributed by atoms with Gasteiger partial charge in [-0.05, 0) is 18.6 Å². The van der Waals surface area contributed by atoms with Crippen LogP contribution < -0.4 is 5.46 Å². The number of hydrogen-bond acceptors (Lipinski definition) is 0. The fourth-order valence-corrected chi connectivity index (χ4v) is 1.80. The Balaban J connectivity index is 2.50. The minimum Gasteiger partial charge on any atom is -0.207 e. The normalized spacial score (nSPS) is 15.3. The van der Waals surface area contributed by atoms with Crippen molar-refractivity contribution in [3.05, 3.63) is 29.6 Å². The number of benzene rings is 1. The van der Waals surface area contributed by atoms with Crippen molar-refractivity contribution in [1.29, 1.82) is 0 Å². The van der Waals surface area contributed by atoms with Crippen LogP contribution in [0, 0.1) is 5.82 Å². The van der Waals surface area contributed by atoms with Gasteiger partial charge in [-0.15, -0.1) is 0 Å². The second kappa shape index (κ2) is 2.37. The standard InChI is InChI=1S/C9H10BF/c1-10-5-4-7-6-8(11)2-3-9(7)10/h2-3,6H,4-5H2,1H3. The van der Waals surface area contributed by atoms with Crippen molar-refractivity contribution >= 4 is 12.2 Å². The minimum atomic E-state index is -0.0992. The van der Waals surface area contributed by atoms with Crippen molar-refractivity contribution in [3.8, 4) is 0 Å². The van der Waals surface area contributed by atoms with Gasteiger partial charge in [0.1, 0.15) is 5.82 Å². The predicted molar refractivity (Wildman–Crippen MR) is 46.2 cm³/mol. The van der Waals surface area contributed by atoms with E-state index in [-0.39, 0.29) is 5.82 Å². The van der Waals surface area contributed by atoms with Crippen LogP contribution in [0.1, 0.15) is 5.56 Å². The molecule has 1 aliphatic rings. The van der Waals surface area contributed by atoms with Gasteiger partial charge < -0.3 is 0 Å². The first kappa shape index (κ1) is 6.90. The molecule has 1 aromatic carbocycles. The maximum Gasteiger partial charge on any atom is 0.173 e. The van der Waals surface area contributed by atoms with Crippen LogP contribution in [0.5, 0.6) is 0 Å². The molecule has 0 aromatic heterocycles. The Morgan fingerprint density at radius 3 is 3.09 bits per heavy atom. The average molecular weight is 148 g/mol. The maximum absolute atomic E-state index is 12.7. The highest BCUT2D eigenvalue weighted by atomic mass is 19.1. The molecule has 0 fully saturated rings. The van der Waals surface area contributed by atoms with Crippen LogP contribution in [0.3, 0.4) is 0 Å². The van der Waals surface area contributed by atoms with E-state index in [1.54, 1.807) is 12.1 Å². The first-order chi connectivity index (χ1) is 5.27. The van der Waals surface area contributed by atoms with Crippen molar-refractivity contribution < 1.29 is 4.39 Å². The van der Waals surface area contributed by atoms with Gasteiger partial charge in [0.05, 0.1) is 0 Å². The molecule has 1 heterocycles. The molecule has 0 spiro atoms. The number of rotatable bonds is 0. The average Bonchev–Trinajstić information content (AvgIpc) is 2.32. The fraction of sp³-hybridized carbons (Fsp3) is 0.333. The van der Waals surface area contributed by atoms with Crippen molar-refractivity contribution in [2.24, 2.45) is 0 Å². The fourth-order valence-electron chi connectivity index (χ4n) is 1.80. The third kappa shape index (κ3) is 1.07. The first-order valence-corrected chi connectivity index (χ1v) is 4.05. The Morgan fingerprint density at radius 1 is 1.45 bits per heavy atom. The van der Waals surface area contributed by atoms with Crippen LogP contribution >= 0.6 is 0 Å². The zero-order chi connectivity index (χ0) is 7.84. The van der Waals surface area contributed by atoms with E-state index in [1.165, 1.54) is 17.3 Å². The molecule has 2 heteroatoms. The smallest absolute Gasteiger partial charge is 0.173 e. The highest BCUT2D eigenvalue weighted by Gasteiger charge is 2.20. The third-order valence-electron chi connectivity index (χ3n) is 2.48. The molecule has 0 saturated carbocycles. The topological polar surface area (TPSA) is 0 Å². The number of hydrogen-bond donors (Lipinski definition) is 0. The largest absolute Gasteiger partial charge is 0.207 e. The van der Waals surface area contributed by atoms with E-state index in [4.69, 9.17) is 0 Å². The van der Waals surface area contributed by atoms with Gasteiger partial charge in [-0.2, -0.15) is 0 Å². The van der Waals surface area contributed by atoms with Gasteiger partial charge in [0, 0.05) is 0 Å². The second-order valence-corrected chi connectivity index (χ2v) is 3.28. The van der Waals surface area contributed by atoms with Gasteiger partial charge in [-0.3, -0.25) is 0 Å². The van der Waals surface area contributed by atoms with E-state index in [1.807, 2.05) is 6.07 Å². The molecule has 0 saturated heterocycles. The maximum atomic E-state index is 12.7. The molecule has 0 atom stereocenters. The number of halogens is 1. The lowest BCUT2D eigenvalue weighted by atomic mass is 9.48. The van der Waals surface area contributed by atoms with Gasteiger partial charge in [0.15, 0.2) is 6.71 Å². The van der Waals surface area contributed by atoms with Crippen LogP contribution in [-0.2, 0) is 6.42 Å². The Labute approximate surface area is 66.5 Å². The van der Waals surface area contributed by atoms with E-state index in [9.17, 15) is 4.39 Å². The Bertz CT molecular complexity index is 283. The van der Waals surface area contributed by atoms with Crippen LogP contribution in [-0.4, -0.2) is 6.71 Å². The van der Waals surface area contributed by atoms with E-state index < -0.39 is 0 Å². The SMILES string of the molecule is CB1CCc2cc(F)ccc21. The van der Waals surface area contributed by atoms with Gasteiger partial charge in [-0.1, -0.05) is 30.2 Å². The molecule has 0 aliphatic carbocycles. The lowest BCUT2D eigenvalue weighted by Gasteiger charge is -2.00. The van der Waals surface area contributed by atoms with Crippen LogP contribution in [0.4, 0.5) is 4.39 Å². The molecule has 0 nitrogen and oxygen atoms in total. The molecule has 0 radical (unpaired) electrons. The monoisotopic (exact) mass is 148 g/mol. The van der Waals surface area contributed by atoms with E-state index in [2.05, 4.69) is 6.82 Å². The Hall–Kier alpha value is -0.785. The lowest BCUT2D eigenvalue weighted by Crippen LogP contribution is -2.21. The minimum absolute atomic E-state index is 0.0992. The van der Waals surface area contributed by atoms with Crippen LogP contribution in [0.2, 0.25) is 13.1 Å². The van der Waals surface area contributed by atoms with Crippen molar-refractivity contribution in [1.82, 2.24) is 0 Å². The molecule has 11 heavy (non-hydrogen) atoms. The Kier molecular flexibility index (Phi) is 1.48. The zero-order valence-electron chi connectivity index (χ0n) is 6.60. The molecule has 0 unspecified atom stereocenters. The molecule has 0 bridgehead atoms. The summed E-state index contributed by atoms with van der Waals surface area (Å²) in [6, 6.07) is 5.14. The molecule has 1 aromatic rings. The second-order valence-electron chi connectivity index (χ2n) is 3.28. The number of aryl methyl sites for hydroxylation is 1. The first-order valence-electron chi connectivity index (χ1n) is 4.05. The highest BCUT2D eigenvalue weighted by molar-refractivity contribution is 6.73. The quantitative estimate of drug-likeness (QED) is 0.491. The summed E-state index contributed by atoms with van der Waals surface area (Å²) in [4.78, 5) is 0. The summed E-state index contributed by atoms with van der Waals surface area (Å²) in [5.74, 6) is -0.0992. The van der Waals surface area contributed by atoms with E-state index in [0.29, 0.717) is 6.71 Å². The van der Waals surface area contributed by atoms with Crippen LogP contribution in [0.25, 0.3) is 0 Å². The summed E-state index contributed by atoms with van der Waals surface area (Å²) in [5, 5.41) is 0. The molecule has 0 N–H and O–H groups in total.